The second kappa shape index (κ2) is 10.5. The molecular weight excluding hydrogens is 427 g/mol. The van der Waals surface area contributed by atoms with Crippen molar-refractivity contribution in [2.75, 3.05) is 0 Å². The summed E-state index contributed by atoms with van der Waals surface area (Å²) < 4.78 is 0. The average Bonchev–Trinajstić information content (AvgIpc) is 2.71. The first kappa shape index (κ1) is 27.5. The van der Waals surface area contributed by atoms with Crippen molar-refractivity contribution in [3.8, 4) is 5.75 Å². The third-order valence-electron chi connectivity index (χ3n) is 6.99. The molecule has 1 N–H and O–H groups in total. The van der Waals surface area contributed by atoms with Crippen molar-refractivity contribution in [1.29, 1.82) is 0 Å². The molecule has 0 saturated heterocycles. The molecule has 1 aromatic rings. The van der Waals surface area contributed by atoms with Gasteiger partial charge >= 0.3 is 35.6 Å². The van der Waals surface area contributed by atoms with Gasteiger partial charge in [0.05, 0.1) is 8.07 Å². The first-order valence-corrected chi connectivity index (χ1v) is 17.0. The molecule has 1 saturated carbocycles. The summed E-state index contributed by atoms with van der Waals surface area (Å²) in [6.07, 6.45) is 0. The van der Waals surface area contributed by atoms with Gasteiger partial charge in [0.2, 0.25) is 0 Å². The van der Waals surface area contributed by atoms with E-state index < -0.39 is 25.1 Å². The van der Waals surface area contributed by atoms with Crippen LogP contribution in [0, 0.1) is 31.1 Å². The number of hydrogen-bond acceptors (Lipinski definition) is 1. The van der Waals surface area contributed by atoms with Gasteiger partial charge in [0.1, 0.15) is 5.75 Å². The predicted molar refractivity (Wildman–Crippen MR) is 122 cm³/mol. The number of aromatic hydroxyl groups is 1. The van der Waals surface area contributed by atoms with Gasteiger partial charge in [-0.3, -0.25) is 0 Å². The quantitative estimate of drug-likeness (QED) is 0.357. The van der Waals surface area contributed by atoms with Gasteiger partial charge in [0.15, 0.2) is 0 Å². The Kier molecular flexibility index (Phi) is 10.7. The Balaban J connectivity index is 0.00000158. The van der Waals surface area contributed by atoms with Crippen molar-refractivity contribution in [2.45, 2.75) is 72.5 Å². The van der Waals surface area contributed by atoms with Crippen LogP contribution in [0.25, 0.3) is 0 Å². The van der Waals surface area contributed by atoms with Crippen molar-refractivity contribution in [1.82, 2.24) is 0 Å². The summed E-state index contributed by atoms with van der Waals surface area (Å²) in [5, 5.41) is 12.3. The fraction of sp³-hybridized carbons (Fsp3) is 0.682. The van der Waals surface area contributed by atoms with E-state index in [-0.39, 0.29) is 12.8 Å². The standard InChI is InChI=1S/C21H36OSi.CH3.2ClH.Ti/c1-13-14(2)16(4)20(15(13)3)23(8,9)18-12-10-11-17(19(18)22)21(5,6)7;;;;/h10-16,20,22H,1-9H3;1H3;2*1H;/q;-1;;;+2/p-2. The number of phenolic OH excluding ortho intramolecular Hbond substituents is 1. The van der Waals surface area contributed by atoms with Gasteiger partial charge in [0, 0.05) is 0 Å². The molecule has 0 aliphatic heterocycles. The SMILES string of the molecule is CC1C(C)C(C)C([Si](C)(C)c2cccc(C(C)(C)C)c2O)C1C.[CH3-].[Cl][Ti][Cl]. The molecule has 4 atom stereocenters. The summed E-state index contributed by atoms with van der Waals surface area (Å²) in [6, 6.07) is 6.45. The van der Waals surface area contributed by atoms with Crippen LogP contribution in [0.1, 0.15) is 54.0 Å². The van der Waals surface area contributed by atoms with Gasteiger partial charge in [-0.15, -0.1) is 0 Å². The maximum atomic E-state index is 11.1. The normalized spacial score (nSPS) is 28.0. The molecule has 4 unspecified atom stereocenters. The molecule has 1 aliphatic carbocycles. The maximum absolute atomic E-state index is 11.1. The Bertz CT molecular complexity index is 586. The van der Waals surface area contributed by atoms with Gasteiger partial charge in [-0.1, -0.05) is 79.8 Å². The summed E-state index contributed by atoms with van der Waals surface area (Å²) in [5.41, 5.74) is 1.81. The molecule has 0 amide bonds. The van der Waals surface area contributed by atoms with Crippen molar-refractivity contribution < 1.29 is 22.1 Å². The van der Waals surface area contributed by atoms with Crippen LogP contribution >= 0.6 is 18.6 Å². The Labute approximate surface area is 186 Å². The molecule has 5 heteroatoms. The van der Waals surface area contributed by atoms with Crippen LogP contribution in [0.2, 0.25) is 18.6 Å². The second-order valence-electron chi connectivity index (χ2n) is 9.71. The van der Waals surface area contributed by atoms with Gasteiger partial charge in [0.25, 0.3) is 0 Å². The molecule has 0 aromatic heterocycles. The Morgan fingerprint density at radius 3 is 1.70 bits per heavy atom. The van der Waals surface area contributed by atoms with E-state index >= 15 is 0 Å². The Hall–Kier alpha value is 0.531. The van der Waals surface area contributed by atoms with Gasteiger partial charge in [-0.2, -0.15) is 0 Å². The van der Waals surface area contributed by atoms with Crippen molar-refractivity contribution in [3.63, 3.8) is 0 Å². The van der Waals surface area contributed by atoms with Gasteiger partial charge in [-0.05, 0) is 45.4 Å². The average molecular weight is 466 g/mol. The number of benzene rings is 1. The molecule has 27 heavy (non-hydrogen) atoms. The van der Waals surface area contributed by atoms with E-state index in [2.05, 4.69) is 79.8 Å². The number of phenols is 1. The Morgan fingerprint density at radius 1 is 0.926 bits per heavy atom. The monoisotopic (exact) mass is 465 g/mol. The molecule has 1 fully saturated rings. The van der Waals surface area contributed by atoms with E-state index in [1.807, 2.05) is 0 Å². The zero-order valence-electron chi connectivity index (χ0n) is 18.8. The fourth-order valence-electron chi connectivity index (χ4n) is 5.25. The van der Waals surface area contributed by atoms with Crippen LogP contribution in [0.15, 0.2) is 18.2 Å². The molecule has 0 heterocycles. The second-order valence-corrected chi connectivity index (χ2v) is 16.9. The number of hydrogen-bond donors (Lipinski definition) is 1. The minimum absolute atomic E-state index is 0. The first-order chi connectivity index (χ1) is 11.8. The number of rotatable bonds is 2. The molecule has 1 aliphatic rings. The van der Waals surface area contributed by atoms with E-state index in [4.69, 9.17) is 18.6 Å². The van der Waals surface area contributed by atoms with E-state index in [0.717, 1.165) is 34.8 Å². The molecule has 0 spiro atoms. The third-order valence-corrected chi connectivity index (χ3v) is 11.5. The van der Waals surface area contributed by atoms with Gasteiger partial charge < -0.3 is 12.5 Å². The topological polar surface area (TPSA) is 20.2 Å². The van der Waals surface area contributed by atoms with Crippen LogP contribution in [0.5, 0.6) is 5.75 Å². The molecule has 156 valence electrons. The van der Waals surface area contributed by atoms with Crippen LogP contribution in [0.3, 0.4) is 0 Å². The fourth-order valence-corrected chi connectivity index (χ4v) is 10.1. The molecule has 0 radical (unpaired) electrons. The van der Waals surface area contributed by atoms with Crippen LogP contribution < -0.4 is 5.19 Å². The molecule has 2 rings (SSSR count). The van der Waals surface area contributed by atoms with E-state index in [1.165, 1.54) is 5.19 Å². The van der Waals surface area contributed by atoms with Crippen molar-refractivity contribution >= 4 is 31.9 Å². The summed E-state index contributed by atoms with van der Waals surface area (Å²) in [7, 11) is 8.02. The van der Waals surface area contributed by atoms with Crippen LogP contribution in [0.4, 0.5) is 0 Å². The molecule has 0 bridgehead atoms. The van der Waals surface area contributed by atoms with Crippen molar-refractivity contribution in [2.24, 2.45) is 23.7 Å². The summed E-state index contributed by atoms with van der Waals surface area (Å²) >= 11 is -0.556. The zero-order valence-corrected chi connectivity index (χ0v) is 22.9. The van der Waals surface area contributed by atoms with E-state index in [9.17, 15) is 5.11 Å². The molecule has 1 nitrogen and oxygen atoms in total. The van der Waals surface area contributed by atoms with Crippen LogP contribution in [-0.4, -0.2) is 13.2 Å². The summed E-state index contributed by atoms with van der Waals surface area (Å²) in [6.45, 7) is 21.2. The predicted octanol–water partition coefficient (Wildman–Crippen LogP) is 7.36. The molecule has 1 aromatic carbocycles. The van der Waals surface area contributed by atoms with E-state index in [0.29, 0.717) is 5.75 Å². The zero-order chi connectivity index (χ0) is 20.4. The molecular formula is C22H39Cl2OSiTi-. The number of halogens is 2. The Morgan fingerprint density at radius 2 is 1.33 bits per heavy atom. The first-order valence-electron chi connectivity index (χ1n) is 9.61. The van der Waals surface area contributed by atoms with Crippen molar-refractivity contribution in [3.05, 3.63) is 31.2 Å². The number of para-hydroxylation sites is 1. The summed E-state index contributed by atoms with van der Waals surface area (Å²) in [5.74, 6) is 3.59. The van der Waals surface area contributed by atoms with Gasteiger partial charge in [-0.25, -0.2) is 0 Å². The van der Waals surface area contributed by atoms with E-state index in [1.54, 1.807) is 0 Å². The third kappa shape index (κ3) is 5.79. The minimum atomic E-state index is -1.76. The summed E-state index contributed by atoms with van der Waals surface area (Å²) in [4.78, 5) is 0. The van der Waals surface area contributed by atoms with Crippen LogP contribution in [-0.2, 0) is 22.4 Å².